The van der Waals surface area contributed by atoms with Crippen LogP contribution in [0.3, 0.4) is 0 Å². The lowest BCUT2D eigenvalue weighted by Crippen LogP contribution is -2.21. The average molecular weight is 280 g/mol. The Morgan fingerprint density at radius 1 is 1.31 bits per heavy atom. The Labute approximate surface area is 106 Å². The molecule has 0 heterocycles. The van der Waals surface area contributed by atoms with E-state index in [2.05, 4.69) is 58.1 Å². The predicted octanol–water partition coefficient (Wildman–Crippen LogP) is 4.34. The van der Waals surface area contributed by atoms with Crippen LogP contribution in [0.2, 0.25) is 0 Å². The second-order valence-electron chi connectivity index (χ2n) is 4.19. The zero-order valence-corrected chi connectivity index (χ0v) is 11.3. The summed E-state index contributed by atoms with van der Waals surface area (Å²) in [6, 6.07) is 8.49. The quantitative estimate of drug-likeness (QED) is 0.793. The van der Waals surface area contributed by atoms with Crippen LogP contribution in [-0.2, 0) is 6.54 Å². The molecule has 1 aliphatic carbocycles. The van der Waals surface area contributed by atoms with Gasteiger partial charge in [0.25, 0.3) is 0 Å². The molecule has 0 saturated heterocycles. The van der Waals surface area contributed by atoms with Crippen LogP contribution < -0.4 is 0 Å². The minimum absolute atomic E-state index is 1.02. The molecule has 2 rings (SSSR count). The summed E-state index contributed by atoms with van der Waals surface area (Å²) < 4.78 is 1.21. The Morgan fingerprint density at radius 2 is 2.12 bits per heavy atom. The molecule has 86 valence electrons. The molecule has 2 heteroatoms. The molecular weight excluding hydrogens is 262 g/mol. The van der Waals surface area contributed by atoms with Crippen molar-refractivity contribution in [1.82, 2.24) is 4.90 Å². The molecule has 0 saturated carbocycles. The lowest BCUT2D eigenvalue weighted by molar-refractivity contribution is 0.346. The molecule has 0 amide bonds. The van der Waals surface area contributed by atoms with Gasteiger partial charge in [0.15, 0.2) is 0 Å². The summed E-state index contributed by atoms with van der Waals surface area (Å²) in [6.07, 6.45) is 6.21. The van der Waals surface area contributed by atoms with Gasteiger partial charge >= 0.3 is 0 Å². The summed E-state index contributed by atoms with van der Waals surface area (Å²) in [5.41, 5.74) is 2.90. The smallest absolute Gasteiger partial charge is 0.0437 e. The van der Waals surface area contributed by atoms with Crippen LogP contribution in [0.25, 0.3) is 0 Å². The van der Waals surface area contributed by atoms with Crippen LogP contribution in [0.15, 0.2) is 40.5 Å². The first-order valence-electron chi connectivity index (χ1n) is 5.98. The largest absolute Gasteiger partial charge is 0.371 e. The summed E-state index contributed by atoms with van der Waals surface area (Å²) in [4.78, 5) is 2.48. The molecule has 0 unspecified atom stereocenters. The van der Waals surface area contributed by atoms with Crippen LogP contribution in [0.1, 0.15) is 31.7 Å². The van der Waals surface area contributed by atoms with Crippen molar-refractivity contribution >= 4 is 15.9 Å². The molecule has 0 spiro atoms. The highest BCUT2D eigenvalue weighted by molar-refractivity contribution is 9.10. The van der Waals surface area contributed by atoms with Gasteiger partial charge in [-0.05, 0) is 37.8 Å². The Kier molecular flexibility index (Phi) is 4.05. The molecule has 1 aromatic rings. The van der Waals surface area contributed by atoms with Gasteiger partial charge in [-0.2, -0.15) is 0 Å². The summed E-state index contributed by atoms with van der Waals surface area (Å²) in [6.45, 7) is 4.34. The first-order chi connectivity index (χ1) is 7.81. The zero-order valence-electron chi connectivity index (χ0n) is 9.75. The second-order valence-corrected chi connectivity index (χ2v) is 5.05. The standard InChI is InChI=1S/C14H18BrN/c1-2-16(13-8-4-5-9-13)11-12-7-3-6-10-14(12)15/h3,6-8,10H,2,4-5,9,11H2,1H3. The van der Waals surface area contributed by atoms with Crippen LogP contribution in [0.5, 0.6) is 0 Å². The van der Waals surface area contributed by atoms with Gasteiger partial charge in [-0.3, -0.25) is 0 Å². The van der Waals surface area contributed by atoms with Crippen molar-refractivity contribution in [1.29, 1.82) is 0 Å². The first-order valence-corrected chi connectivity index (χ1v) is 6.78. The SMILES string of the molecule is CCN(Cc1ccccc1Br)C1=CCCC1. The van der Waals surface area contributed by atoms with E-state index < -0.39 is 0 Å². The maximum absolute atomic E-state index is 3.62. The number of hydrogen-bond donors (Lipinski definition) is 0. The third-order valence-corrected chi connectivity index (χ3v) is 3.90. The first kappa shape index (κ1) is 11.7. The third-order valence-electron chi connectivity index (χ3n) is 3.12. The molecule has 0 atom stereocenters. The third kappa shape index (κ3) is 2.67. The van der Waals surface area contributed by atoms with E-state index in [4.69, 9.17) is 0 Å². The molecular formula is C14H18BrN. The van der Waals surface area contributed by atoms with E-state index in [0.29, 0.717) is 0 Å². The van der Waals surface area contributed by atoms with Crippen LogP contribution in [-0.4, -0.2) is 11.4 Å². The molecule has 0 radical (unpaired) electrons. The Morgan fingerprint density at radius 3 is 2.75 bits per heavy atom. The molecule has 0 aromatic heterocycles. The van der Waals surface area contributed by atoms with Gasteiger partial charge in [0.05, 0.1) is 0 Å². The Bertz CT molecular complexity index is 384. The average Bonchev–Trinajstić information content (AvgIpc) is 2.81. The highest BCUT2D eigenvalue weighted by atomic mass is 79.9. The van der Waals surface area contributed by atoms with Crippen molar-refractivity contribution < 1.29 is 0 Å². The van der Waals surface area contributed by atoms with Crippen molar-refractivity contribution in [2.45, 2.75) is 32.7 Å². The van der Waals surface area contributed by atoms with Crippen LogP contribution in [0.4, 0.5) is 0 Å². The number of nitrogens with zero attached hydrogens (tertiary/aromatic N) is 1. The topological polar surface area (TPSA) is 3.24 Å². The van der Waals surface area contributed by atoms with E-state index in [1.807, 2.05) is 0 Å². The fourth-order valence-corrected chi connectivity index (χ4v) is 2.60. The molecule has 0 fully saturated rings. The monoisotopic (exact) mass is 279 g/mol. The number of rotatable bonds is 4. The molecule has 16 heavy (non-hydrogen) atoms. The van der Waals surface area contributed by atoms with Crippen LogP contribution >= 0.6 is 15.9 Å². The van der Waals surface area contributed by atoms with E-state index >= 15 is 0 Å². The van der Waals surface area contributed by atoms with Crippen molar-refractivity contribution in [2.24, 2.45) is 0 Å². The summed E-state index contributed by atoms with van der Waals surface area (Å²) in [5.74, 6) is 0. The van der Waals surface area contributed by atoms with E-state index in [1.165, 1.54) is 35.0 Å². The fraction of sp³-hybridized carbons (Fsp3) is 0.429. The van der Waals surface area contributed by atoms with Gasteiger partial charge in [0.2, 0.25) is 0 Å². The van der Waals surface area contributed by atoms with Gasteiger partial charge in [-0.1, -0.05) is 40.2 Å². The molecule has 1 nitrogen and oxygen atoms in total. The molecule has 0 N–H and O–H groups in total. The maximum Gasteiger partial charge on any atom is 0.0437 e. The van der Waals surface area contributed by atoms with Crippen LogP contribution in [0, 0.1) is 0 Å². The lowest BCUT2D eigenvalue weighted by Gasteiger charge is -2.25. The Balaban J connectivity index is 2.10. The van der Waals surface area contributed by atoms with Gasteiger partial charge < -0.3 is 4.90 Å². The number of allylic oxidation sites excluding steroid dienone is 2. The Hall–Kier alpha value is -0.760. The van der Waals surface area contributed by atoms with Crippen molar-refractivity contribution in [2.75, 3.05) is 6.54 Å². The van der Waals surface area contributed by atoms with E-state index in [-0.39, 0.29) is 0 Å². The van der Waals surface area contributed by atoms with E-state index in [0.717, 1.165) is 13.1 Å². The number of halogens is 1. The normalized spacial score (nSPS) is 15.0. The summed E-state index contributed by atoms with van der Waals surface area (Å²) in [7, 11) is 0. The summed E-state index contributed by atoms with van der Waals surface area (Å²) in [5, 5.41) is 0. The fourth-order valence-electron chi connectivity index (χ4n) is 2.19. The highest BCUT2D eigenvalue weighted by Crippen LogP contribution is 2.25. The minimum atomic E-state index is 1.02. The minimum Gasteiger partial charge on any atom is -0.371 e. The lowest BCUT2D eigenvalue weighted by atomic mass is 10.2. The van der Waals surface area contributed by atoms with E-state index in [9.17, 15) is 0 Å². The second kappa shape index (κ2) is 5.53. The molecule has 1 aliphatic rings. The van der Waals surface area contributed by atoms with Gasteiger partial charge in [-0.25, -0.2) is 0 Å². The molecule has 0 bridgehead atoms. The zero-order chi connectivity index (χ0) is 11.4. The highest BCUT2D eigenvalue weighted by Gasteiger charge is 2.12. The maximum atomic E-state index is 3.62. The predicted molar refractivity (Wildman–Crippen MR) is 72.2 cm³/mol. The van der Waals surface area contributed by atoms with Crippen molar-refractivity contribution in [3.05, 3.63) is 46.1 Å². The van der Waals surface area contributed by atoms with Gasteiger partial charge in [0.1, 0.15) is 0 Å². The molecule has 0 aliphatic heterocycles. The van der Waals surface area contributed by atoms with Crippen molar-refractivity contribution in [3.8, 4) is 0 Å². The van der Waals surface area contributed by atoms with Gasteiger partial charge in [0, 0.05) is 23.3 Å². The van der Waals surface area contributed by atoms with E-state index in [1.54, 1.807) is 0 Å². The molecule has 1 aromatic carbocycles. The van der Waals surface area contributed by atoms with Crippen molar-refractivity contribution in [3.63, 3.8) is 0 Å². The number of hydrogen-bond acceptors (Lipinski definition) is 1. The van der Waals surface area contributed by atoms with Gasteiger partial charge in [-0.15, -0.1) is 0 Å². The summed E-state index contributed by atoms with van der Waals surface area (Å²) >= 11 is 3.62. The number of benzene rings is 1.